The predicted molar refractivity (Wildman–Crippen MR) is 139 cm³/mol. The average molecular weight is 472 g/mol. The van der Waals surface area contributed by atoms with Crippen LogP contribution in [0.3, 0.4) is 0 Å². The molecule has 6 nitrogen and oxygen atoms in total. The van der Waals surface area contributed by atoms with Crippen LogP contribution < -0.4 is 10.2 Å². The third kappa shape index (κ3) is 5.21. The van der Waals surface area contributed by atoms with Crippen LogP contribution in [0.5, 0.6) is 0 Å². The van der Waals surface area contributed by atoms with Gasteiger partial charge in [-0.05, 0) is 41.8 Å². The summed E-state index contributed by atoms with van der Waals surface area (Å²) in [6.07, 6.45) is 1.12. The van der Waals surface area contributed by atoms with Crippen molar-refractivity contribution in [3.05, 3.63) is 77.9 Å². The molecule has 0 bridgehead atoms. The summed E-state index contributed by atoms with van der Waals surface area (Å²) in [7, 11) is 0. The van der Waals surface area contributed by atoms with Gasteiger partial charge in [0.25, 0.3) is 5.91 Å². The fourth-order valence-electron chi connectivity index (χ4n) is 4.68. The lowest BCUT2D eigenvalue weighted by atomic mass is 10.1. The maximum Gasteiger partial charge on any atom is 0.259 e. The van der Waals surface area contributed by atoms with E-state index in [2.05, 4.69) is 5.32 Å². The van der Waals surface area contributed by atoms with Gasteiger partial charge in [-0.25, -0.2) is 0 Å². The number of hydrogen-bond acceptors (Lipinski definition) is 3. The Bertz CT molecular complexity index is 1220. The van der Waals surface area contributed by atoms with Crippen LogP contribution in [-0.4, -0.2) is 48.3 Å². The fourth-order valence-corrected chi connectivity index (χ4v) is 4.68. The first kappa shape index (κ1) is 24.5. The Hall–Kier alpha value is -3.67. The summed E-state index contributed by atoms with van der Waals surface area (Å²) in [6, 6.07) is 20.7. The second-order valence-corrected chi connectivity index (χ2v) is 9.46. The third-order valence-corrected chi connectivity index (χ3v) is 6.50. The molecule has 35 heavy (non-hydrogen) atoms. The molecule has 1 N–H and O–H groups in total. The van der Waals surface area contributed by atoms with Gasteiger partial charge in [0, 0.05) is 24.0 Å². The molecule has 0 radical (unpaired) electrons. The smallest absolute Gasteiger partial charge is 0.259 e. The zero-order valence-corrected chi connectivity index (χ0v) is 20.7. The molecule has 4 rings (SSSR count). The van der Waals surface area contributed by atoms with Crippen LogP contribution in [0, 0.1) is 5.92 Å². The quantitative estimate of drug-likeness (QED) is 0.476. The molecule has 1 aliphatic rings. The van der Waals surface area contributed by atoms with Gasteiger partial charge in [-0.1, -0.05) is 75.4 Å². The molecular weight excluding hydrogens is 438 g/mol. The first-order chi connectivity index (χ1) is 16.9. The largest absolute Gasteiger partial charge is 0.354 e. The van der Waals surface area contributed by atoms with Crippen LogP contribution in [0.4, 0.5) is 5.69 Å². The molecule has 0 fully saturated rings. The highest BCUT2D eigenvalue weighted by Crippen LogP contribution is 2.37. The van der Waals surface area contributed by atoms with Gasteiger partial charge < -0.3 is 10.2 Å². The predicted octanol–water partition coefficient (Wildman–Crippen LogP) is 4.42. The number of benzene rings is 3. The van der Waals surface area contributed by atoms with E-state index in [1.165, 1.54) is 0 Å². The van der Waals surface area contributed by atoms with Crippen molar-refractivity contribution < 1.29 is 14.4 Å². The first-order valence-electron chi connectivity index (χ1n) is 12.4. The number of nitrogens with zero attached hydrogens (tertiary/aromatic N) is 2. The zero-order chi connectivity index (χ0) is 24.9. The molecule has 6 heteroatoms. The fraction of sp³-hybridized carbons (Fsp3) is 0.345. The molecule has 0 aliphatic carbocycles. The van der Waals surface area contributed by atoms with E-state index in [1.807, 2.05) is 81.4 Å². The number of rotatable bonds is 10. The summed E-state index contributed by atoms with van der Waals surface area (Å²) < 4.78 is 0. The molecule has 0 aromatic heterocycles. The van der Waals surface area contributed by atoms with E-state index < -0.39 is 6.04 Å². The first-order valence-corrected chi connectivity index (χ1v) is 12.4. The van der Waals surface area contributed by atoms with Gasteiger partial charge in [-0.3, -0.25) is 19.3 Å². The summed E-state index contributed by atoms with van der Waals surface area (Å²) in [5.41, 5.74) is 2.46. The van der Waals surface area contributed by atoms with Crippen LogP contribution in [-0.2, 0) is 16.0 Å². The minimum absolute atomic E-state index is 0.102. The highest BCUT2D eigenvalue weighted by atomic mass is 16.2. The zero-order valence-electron chi connectivity index (χ0n) is 20.7. The van der Waals surface area contributed by atoms with Gasteiger partial charge in [0.1, 0.15) is 12.6 Å². The molecule has 1 atom stereocenters. The van der Waals surface area contributed by atoms with Crippen molar-refractivity contribution in [1.82, 2.24) is 10.2 Å². The molecule has 1 aliphatic heterocycles. The van der Waals surface area contributed by atoms with Crippen LogP contribution in [0.25, 0.3) is 10.8 Å². The molecule has 1 unspecified atom stereocenters. The Kier molecular flexibility index (Phi) is 7.49. The van der Waals surface area contributed by atoms with Crippen molar-refractivity contribution in [1.29, 1.82) is 0 Å². The Morgan fingerprint density at radius 1 is 0.971 bits per heavy atom. The van der Waals surface area contributed by atoms with Crippen molar-refractivity contribution >= 4 is 34.2 Å². The Balaban J connectivity index is 1.59. The van der Waals surface area contributed by atoms with Gasteiger partial charge >= 0.3 is 0 Å². The molecule has 182 valence electrons. The van der Waals surface area contributed by atoms with Crippen molar-refractivity contribution in [3.63, 3.8) is 0 Å². The maximum absolute atomic E-state index is 13.7. The molecular formula is C29H33N3O3. The number of nitrogens with one attached hydrogen (secondary N) is 1. The summed E-state index contributed by atoms with van der Waals surface area (Å²) in [6.45, 7) is 6.84. The highest BCUT2D eigenvalue weighted by molar-refractivity contribution is 6.26. The molecule has 3 amide bonds. The molecule has 3 aromatic carbocycles. The monoisotopic (exact) mass is 471 g/mol. The molecule has 1 heterocycles. The van der Waals surface area contributed by atoms with E-state index >= 15 is 0 Å². The summed E-state index contributed by atoms with van der Waals surface area (Å²) in [5, 5.41) is 4.84. The van der Waals surface area contributed by atoms with E-state index in [4.69, 9.17) is 0 Å². The standard InChI is InChI=1S/C29H33N3O3/c1-4-24(28(34)30-18-20(2)3)31(17-16-21-10-6-5-7-11-21)26(33)19-32-25-15-9-13-22-12-8-14-23(27(22)25)29(32)35/h5-15,20,24H,4,16-19H2,1-3H3,(H,30,34). The van der Waals surface area contributed by atoms with Crippen LogP contribution in [0.15, 0.2) is 66.7 Å². The van der Waals surface area contributed by atoms with E-state index in [0.29, 0.717) is 37.4 Å². The highest BCUT2D eigenvalue weighted by Gasteiger charge is 2.34. The van der Waals surface area contributed by atoms with E-state index in [-0.39, 0.29) is 24.3 Å². The molecule has 0 saturated heterocycles. The average Bonchev–Trinajstić information content (AvgIpc) is 3.13. The lowest BCUT2D eigenvalue weighted by Gasteiger charge is -2.32. The number of anilines is 1. The van der Waals surface area contributed by atoms with E-state index in [9.17, 15) is 14.4 Å². The van der Waals surface area contributed by atoms with Crippen molar-refractivity contribution in [2.24, 2.45) is 5.92 Å². The van der Waals surface area contributed by atoms with Crippen LogP contribution >= 0.6 is 0 Å². The molecule has 3 aromatic rings. The second kappa shape index (κ2) is 10.7. The van der Waals surface area contributed by atoms with Gasteiger partial charge in [0.15, 0.2) is 0 Å². The minimum atomic E-state index is -0.596. The van der Waals surface area contributed by atoms with Crippen LogP contribution in [0.1, 0.15) is 43.1 Å². The van der Waals surface area contributed by atoms with Gasteiger partial charge in [-0.2, -0.15) is 0 Å². The second-order valence-electron chi connectivity index (χ2n) is 9.46. The summed E-state index contributed by atoms with van der Waals surface area (Å²) in [4.78, 5) is 43.3. The van der Waals surface area contributed by atoms with E-state index in [0.717, 1.165) is 22.0 Å². The van der Waals surface area contributed by atoms with Crippen molar-refractivity contribution in [2.75, 3.05) is 24.5 Å². The third-order valence-electron chi connectivity index (χ3n) is 6.50. The lowest BCUT2D eigenvalue weighted by Crippen LogP contribution is -2.53. The molecule has 0 spiro atoms. The van der Waals surface area contributed by atoms with Crippen molar-refractivity contribution in [3.8, 4) is 0 Å². The minimum Gasteiger partial charge on any atom is -0.354 e. The number of hydrogen-bond donors (Lipinski definition) is 1. The Morgan fingerprint density at radius 2 is 1.69 bits per heavy atom. The normalized spacial score (nSPS) is 13.4. The van der Waals surface area contributed by atoms with Gasteiger partial charge in [0.2, 0.25) is 11.8 Å². The van der Waals surface area contributed by atoms with Crippen molar-refractivity contribution in [2.45, 2.75) is 39.7 Å². The Morgan fingerprint density at radius 3 is 2.37 bits per heavy atom. The SMILES string of the molecule is CCC(C(=O)NCC(C)C)N(CCc1ccccc1)C(=O)CN1C(=O)c2cccc3cccc1c23. The Labute approximate surface area is 206 Å². The number of amides is 3. The van der Waals surface area contributed by atoms with Gasteiger partial charge in [-0.15, -0.1) is 0 Å². The van der Waals surface area contributed by atoms with Gasteiger partial charge in [0.05, 0.1) is 5.69 Å². The number of carbonyl (C=O) groups is 3. The summed E-state index contributed by atoms with van der Waals surface area (Å²) in [5.74, 6) is -0.247. The summed E-state index contributed by atoms with van der Waals surface area (Å²) >= 11 is 0. The molecule has 0 saturated carbocycles. The lowest BCUT2D eigenvalue weighted by molar-refractivity contribution is -0.139. The topological polar surface area (TPSA) is 69.7 Å². The van der Waals surface area contributed by atoms with Crippen LogP contribution in [0.2, 0.25) is 0 Å². The van der Waals surface area contributed by atoms with E-state index in [1.54, 1.807) is 15.9 Å². The number of carbonyl (C=O) groups excluding carboxylic acids is 3. The maximum atomic E-state index is 13.7.